The number of thiazole rings is 1. The number of hydrogen-bond acceptors (Lipinski definition) is 13. The molecule has 2 saturated heterocycles. The topological polar surface area (TPSA) is 194 Å². The molecule has 8 atom stereocenters. The Bertz CT molecular complexity index is 2330. The van der Waals surface area contributed by atoms with Gasteiger partial charge >= 0.3 is 12.1 Å². The summed E-state index contributed by atoms with van der Waals surface area (Å²) in [6.07, 6.45) is 2.84. The monoisotopic (exact) mass is 935 g/mol. The van der Waals surface area contributed by atoms with Crippen LogP contribution in [0.25, 0.3) is 22.3 Å². The predicted molar refractivity (Wildman–Crippen MR) is 247 cm³/mol. The number of nitrogens with zero attached hydrogens (tertiary/aromatic N) is 4. The molecular formula is C47H62ClN7O9S. The van der Waals surface area contributed by atoms with Gasteiger partial charge < -0.3 is 44.9 Å². The fraction of sp³-hybridized carbons (Fsp3) is 0.617. The van der Waals surface area contributed by atoms with Crippen LogP contribution in [0.15, 0.2) is 36.2 Å². The Morgan fingerprint density at radius 1 is 1.08 bits per heavy atom. The third-order valence-corrected chi connectivity index (χ3v) is 14.6. The van der Waals surface area contributed by atoms with Gasteiger partial charge in [0.05, 0.1) is 31.0 Å². The van der Waals surface area contributed by atoms with Gasteiger partial charge in [0, 0.05) is 53.8 Å². The van der Waals surface area contributed by atoms with Crippen molar-refractivity contribution in [2.24, 2.45) is 23.2 Å². The van der Waals surface area contributed by atoms with E-state index in [1.54, 1.807) is 12.1 Å². The van der Waals surface area contributed by atoms with Crippen LogP contribution >= 0.6 is 22.9 Å². The van der Waals surface area contributed by atoms with Crippen molar-refractivity contribution in [1.82, 2.24) is 30.4 Å². The SMILES string of the molecule is C=C[C@@H]1CC1(NC(=O)[C@@H]1C[C@@H](Oc2cc(-c3csc(NC(C)C)n3)nc3c(Cl)c(OCCN4CCOCC4(C)C)ccc23)CN1C(=O)[C@@H](NC(=O)OC1C[C@@H]2C[C@@H]2C1)C(C)(C)C)C(=O)O. The first-order valence-electron chi connectivity index (χ1n) is 22.7. The molecule has 5 fully saturated rings. The average Bonchev–Trinajstić information content (AvgIpc) is 3.91. The Labute approximate surface area is 389 Å². The number of aromatic nitrogens is 2. The van der Waals surface area contributed by atoms with Crippen molar-refractivity contribution in [2.75, 3.05) is 44.8 Å². The smallest absolute Gasteiger partial charge is 0.408 e. The van der Waals surface area contributed by atoms with E-state index in [0.29, 0.717) is 77.1 Å². The number of morpholine rings is 1. The van der Waals surface area contributed by atoms with E-state index in [1.165, 1.54) is 22.3 Å². The van der Waals surface area contributed by atoms with E-state index in [4.69, 9.17) is 40.5 Å². The van der Waals surface area contributed by atoms with Crippen LogP contribution in [-0.2, 0) is 23.9 Å². The van der Waals surface area contributed by atoms with Crippen molar-refractivity contribution in [3.05, 3.63) is 41.3 Å². The number of nitrogens with one attached hydrogen (secondary N) is 3. The summed E-state index contributed by atoms with van der Waals surface area (Å²) in [6.45, 7) is 20.6. The maximum absolute atomic E-state index is 14.8. The van der Waals surface area contributed by atoms with Gasteiger partial charge in [-0.2, -0.15) is 0 Å². The molecular weight excluding hydrogens is 874 g/mol. The summed E-state index contributed by atoms with van der Waals surface area (Å²) in [5, 5.41) is 22.6. The third kappa shape index (κ3) is 10.0. The molecule has 2 aromatic heterocycles. The Balaban J connectivity index is 1.09. The van der Waals surface area contributed by atoms with E-state index in [0.717, 1.165) is 25.8 Å². The maximum Gasteiger partial charge on any atom is 0.408 e. The number of amides is 3. The number of benzene rings is 1. The molecule has 0 radical (unpaired) electrons. The van der Waals surface area contributed by atoms with Gasteiger partial charge in [0.1, 0.15) is 58.7 Å². The summed E-state index contributed by atoms with van der Waals surface area (Å²) in [6, 6.07) is 3.30. The zero-order valence-electron chi connectivity index (χ0n) is 38.3. The van der Waals surface area contributed by atoms with E-state index in [-0.39, 0.29) is 42.1 Å². The van der Waals surface area contributed by atoms with Gasteiger partial charge in [0.2, 0.25) is 11.8 Å². The number of pyridine rings is 1. The van der Waals surface area contributed by atoms with Crippen molar-refractivity contribution in [1.29, 1.82) is 0 Å². The number of hydrogen-bond donors (Lipinski definition) is 4. The van der Waals surface area contributed by atoms with E-state index in [9.17, 15) is 24.3 Å². The molecule has 0 bridgehead atoms. The average molecular weight is 937 g/mol. The molecule has 352 valence electrons. The van der Waals surface area contributed by atoms with E-state index >= 15 is 0 Å². The molecule has 3 aromatic rings. The second kappa shape index (κ2) is 18.2. The number of anilines is 1. The molecule has 3 amide bonds. The summed E-state index contributed by atoms with van der Waals surface area (Å²) in [5.41, 5.74) is -0.994. The minimum atomic E-state index is -1.54. The first-order valence-corrected chi connectivity index (χ1v) is 24.0. The lowest BCUT2D eigenvalue weighted by Gasteiger charge is -2.41. The summed E-state index contributed by atoms with van der Waals surface area (Å²) >= 11 is 8.60. The largest absolute Gasteiger partial charge is 0.491 e. The number of carboxylic acid groups (broad SMARTS) is 1. The van der Waals surface area contributed by atoms with Crippen LogP contribution in [0.4, 0.5) is 9.93 Å². The van der Waals surface area contributed by atoms with Crippen LogP contribution < -0.4 is 25.4 Å². The molecule has 3 aliphatic carbocycles. The van der Waals surface area contributed by atoms with Crippen molar-refractivity contribution in [3.63, 3.8) is 0 Å². The van der Waals surface area contributed by atoms with Crippen LogP contribution in [0.1, 0.15) is 80.6 Å². The molecule has 4 N–H and O–H groups in total. The lowest BCUT2D eigenvalue weighted by molar-refractivity contribution is -0.146. The molecule has 65 heavy (non-hydrogen) atoms. The number of halogens is 1. The van der Waals surface area contributed by atoms with Crippen molar-refractivity contribution < 1.29 is 43.2 Å². The number of carbonyl (C=O) groups excluding carboxylic acids is 3. The van der Waals surface area contributed by atoms with Crippen LogP contribution in [0.5, 0.6) is 11.5 Å². The minimum absolute atomic E-state index is 0.0172. The van der Waals surface area contributed by atoms with Gasteiger partial charge in [0.25, 0.3) is 0 Å². The standard InChI is InChI=1S/C47H62ClN7O9S/c1-9-28-21-47(28,42(58)59)53-40(56)34-19-30(22-55(34)41(57)39(45(4,5)6)52-44(60)64-29-17-26-16-27(26)18-29)63-36-20-32(33-23-65-43(51-33)49-25(2)3)50-38-31(36)10-11-35(37(38)48)62-15-13-54-12-14-61-24-46(54,7)8/h9-11,20,23,25-30,34,39H,1,12-19,21-22,24H2,2-8H3,(H,49,51)(H,52,60)(H,53,56)(H,58,59)/t26-,27+,28-,29?,30-,34+,39-,47?/m1/s1. The second-order valence-electron chi connectivity index (χ2n) is 20.3. The van der Waals surface area contributed by atoms with Gasteiger partial charge in [-0.15, -0.1) is 17.9 Å². The second-order valence-corrected chi connectivity index (χ2v) is 21.5. The van der Waals surface area contributed by atoms with Crippen LogP contribution in [0.3, 0.4) is 0 Å². The highest BCUT2D eigenvalue weighted by atomic mass is 35.5. The summed E-state index contributed by atoms with van der Waals surface area (Å²) in [5.74, 6) is -0.805. The highest BCUT2D eigenvalue weighted by Crippen LogP contribution is 2.52. The molecule has 1 aromatic carbocycles. The molecule has 18 heteroatoms. The first kappa shape index (κ1) is 46.8. The molecule has 3 saturated carbocycles. The maximum atomic E-state index is 14.8. The molecule has 16 nitrogen and oxygen atoms in total. The summed E-state index contributed by atoms with van der Waals surface area (Å²) in [4.78, 5) is 68.6. The van der Waals surface area contributed by atoms with Gasteiger partial charge in [-0.05, 0) is 82.8 Å². The number of carbonyl (C=O) groups is 4. The fourth-order valence-electron chi connectivity index (χ4n) is 9.57. The Morgan fingerprint density at radius 2 is 1.83 bits per heavy atom. The Kier molecular flexibility index (Phi) is 13.1. The molecule has 8 rings (SSSR count). The predicted octanol–water partition coefficient (Wildman–Crippen LogP) is 6.75. The van der Waals surface area contributed by atoms with Crippen molar-refractivity contribution in [3.8, 4) is 22.9 Å². The zero-order chi connectivity index (χ0) is 46.6. The van der Waals surface area contributed by atoms with E-state index in [1.807, 2.05) is 46.1 Å². The molecule has 4 heterocycles. The highest BCUT2D eigenvalue weighted by molar-refractivity contribution is 7.14. The quantitative estimate of drug-likeness (QED) is 0.110. The highest BCUT2D eigenvalue weighted by Gasteiger charge is 2.61. The molecule has 5 aliphatic rings. The molecule has 2 unspecified atom stereocenters. The zero-order valence-corrected chi connectivity index (χ0v) is 39.9. The van der Waals surface area contributed by atoms with Crippen LogP contribution in [-0.4, -0.2) is 130 Å². The van der Waals surface area contributed by atoms with E-state index < -0.39 is 58.9 Å². The Hall–Kier alpha value is -4.71. The summed E-state index contributed by atoms with van der Waals surface area (Å²) in [7, 11) is 0. The molecule has 2 aliphatic heterocycles. The van der Waals surface area contributed by atoms with E-state index in [2.05, 4.69) is 41.3 Å². The third-order valence-electron chi connectivity index (χ3n) is 13.5. The number of carboxylic acids is 1. The number of likely N-dealkylation sites (tertiary alicyclic amines) is 1. The molecule has 0 spiro atoms. The number of alkyl carbamates (subject to hydrolysis) is 1. The first-order chi connectivity index (χ1) is 30.8. The Morgan fingerprint density at radius 3 is 2.49 bits per heavy atom. The van der Waals surface area contributed by atoms with Crippen molar-refractivity contribution >= 4 is 62.8 Å². The lowest BCUT2D eigenvalue weighted by Crippen LogP contribution is -2.59. The number of ether oxygens (including phenoxy) is 4. The van der Waals surface area contributed by atoms with Gasteiger partial charge in [-0.25, -0.2) is 19.6 Å². The van der Waals surface area contributed by atoms with Gasteiger partial charge in [0.15, 0.2) is 5.13 Å². The van der Waals surface area contributed by atoms with Crippen LogP contribution in [0, 0.1) is 23.2 Å². The fourth-order valence-corrected chi connectivity index (χ4v) is 10.7. The number of aliphatic carboxylic acids is 1. The van der Waals surface area contributed by atoms with Gasteiger partial charge in [-0.1, -0.05) is 38.4 Å². The normalized spacial score (nSPS) is 27.4. The minimum Gasteiger partial charge on any atom is -0.491 e. The van der Waals surface area contributed by atoms with Crippen LogP contribution in [0.2, 0.25) is 5.02 Å². The summed E-state index contributed by atoms with van der Waals surface area (Å²) < 4.78 is 24.6. The lowest BCUT2D eigenvalue weighted by atomic mass is 9.85. The van der Waals surface area contributed by atoms with Crippen molar-refractivity contribution in [2.45, 2.75) is 122 Å². The number of fused-ring (bicyclic) bond motifs is 2. The number of rotatable bonds is 16. The van der Waals surface area contributed by atoms with Gasteiger partial charge in [-0.3, -0.25) is 14.5 Å².